The Balaban J connectivity index is 1.62. The van der Waals surface area contributed by atoms with Crippen molar-refractivity contribution in [2.24, 2.45) is 29.1 Å². The molecule has 1 aromatic carbocycles. The Morgan fingerprint density at radius 3 is 1.91 bits per heavy atom. The van der Waals surface area contributed by atoms with Gasteiger partial charge in [0.25, 0.3) is 0 Å². The second-order valence-electron chi connectivity index (χ2n) is 7.47. The molecule has 0 aromatic heterocycles. The molecular weight excluding hydrogens is 274 g/mol. The smallest absolute Gasteiger partial charge is 0.238 e. The van der Waals surface area contributed by atoms with Crippen LogP contribution in [0.4, 0.5) is 5.69 Å². The maximum atomic E-state index is 13.1. The van der Waals surface area contributed by atoms with E-state index in [1.54, 1.807) is 0 Å². The van der Waals surface area contributed by atoms with Gasteiger partial charge in [-0.1, -0.05) is 30.4 Å². The molecule has 5 rings (SSSR count). The number of hydrogen-bond acceptors (Lipinski definition) is 2. The van der Waals surface area contributed by atoms with Crippen LogP contribution < -0.4 is 4.90 Å². The minimum absolute atomic E-state index is 0.0375. The van der Waals surface area contributed by atoms with Gasteiger partial charge in [-0.2, -0.15) is 0 Å². The fraction of sp³-hybridized carbons (Fsp3) is 0.474. The summed E-state index contributed by atoms with van der Waals surface area (Å²) in [7, 11) is 0. The molecule has 1 spiro atoms. The number of amides is 2. The van der Waals surface area contributed by atoms with Crippen LogP contribution in [0.25, 0.3) is 0 Å². The second-order valence-corrected chi connectivity index (χ2v) is 7.47. The highest BCUT2D eigenvalue weighted by Crippen LogP contribution is 2.73. The third-order valence-electron chi connectivity index (χ3n) is 6.52. The van der Waals surface area contributed by atoms with E-state index in [-0.39, 0.29) is 29.1 Å². The van der Waals surface area contributed by atoms with Crippen LogP contribution in [0.1, 0.15) is 24.0 Å². The first-order valence-electron chi connectivity index (χ1n) is 8.18. The van der Waals surface area contributed by atoms with Gasteiger partial charge >= 0.3 is 0 Å². The molecule has 1 heterocycles. The molecule has 0 N–H and O–H groups in total. The predicted octanol–water partition coefficient (Wildman–Crippen LogP) is 3.01. The molecule has 0 radical (unpaired) electrons. The summed E-state index contributed by atoms with van der Waals surface area (Å²) in [5, 5.41) is 0. The fourth-order valence-corrected chi connectivity index (χ4v) is 5.46. The molecule has 22 heavy (non-hydrogen) atoms. The van der Waals surface area contributed by atoms with Crippen LogP contribution in [0, 0.1) is 42.9 Å². The maximum Gasteiger partial charge on any atom is 0.238 e. The number of carbonyl (C=O) groups is 2. The quantitative estimate of drug-likeness (QED) is 0.589. The van der Waals surface area contributed by atoms with Crippen molar-refractivity contribution in [1.29, 1.82) is 0 Å². The molecule has 2 saturated carbocycles. The van der Waals surface area contributed by atoms with Crippen molar-refractivity contribution < 1.29 is 9.59 Å². The van der Waals surface area contributed by atoms with E-state index >= 15 is 0 Å². The maximum absolute atomic E-state index is 13.1. The van der Waals surface area contributed by atoms with Crippen molar-refractivity contribution in [3.05, 3.63) is 41.5 Å². The Kier molecular flexibility index (Phi) is 2.13. The van der Waals surface area contributed by atoms with Gasteiger partial charge in [0.05, 0.1) is 17.5 Å². The van der Waals surface area contributed by atoms with Crippen LogP contribution in [-0.4, -0.2) is 11.8 Å². The number of rotatable bonds is 1. The highest BCUT2D eigenvalue weighted by Gasteiger charge is 2.73. The number of benzene rings is 1. The van der Waals surface area contributed by atoms with E-state index in [1.807, 2.05) is 32.0 Å². The molecule has 112 valence electrons. The van der Waals surface area contributed by atoms with Crippen molar-refractivity contribution in [1.82, 2.24) is 0 Å². The number of fused-ring (bicyclic) bond motifs is 3. The van der Waals surface area contributed by atoms with E-state index in [1.165, 1.54) is 17.7 Å². The molecule has 0 unspecified atom stereocenters. The van der Waals surface area contributed by atoms with Gasteiger partial charge in [0.1, 0.15) is 0 Å². The zero-order chi connectivity index (χ0) is 15.2. The fourth-order valence-electron chi connectivity index (χ4n) is 5.46. The number of nitrogens with zero attached hydrogens (tertiary/aromatic N) is 1. The van der Waals surface area contributed by atoms with Gasteiger partial charge in [-0.25, -0.2) is 4.90 Å². The SMILES string of the molecule is Cc1cccc(C)c1N1C(=O)[C@@H]2[C@H](C1=O)[C@@H]1C=C[C@@H]2C12CC2. The topological polar surface area (TPSA) is 37.4 Å². The van der Waals surface area contributed by atoms with Gasteiger partial charge in [-0.3, -0.25) is 9.59 Å². The molecule has 1 aromatic rings. The molecule has 1 aliphatic heterocycles. The van der Waals surface area contributed by atoms with Crippen LogP contribution in [-0.2, 0) is 9.59 Å². The zero-order valence-electron chi connectivity index (χ0n) is 12.9. The lowest BCUT2D eigenvalue weighted by Crippen LogP contribution is -2.35. The number of allylic oxidation sites excluding steroid dienone is 2. The van der Waals surface area contributed by atoms with Gasteiger partial charge in [0.2, 0.25) is 11.8 Å². The minimum atomic E-state index is -0.107. The third-order valence-corrected chi connectivity index (χ3v) is 6.52. The first-order valence-corrected chi connectivity index (χ1v) is 8.18. The summed E-state index contributed by atoms with van der Waals surface area (Å²) in [5.41, 5.74) is 3.09. The van der Waals surface area contributed by atoms with E-state index in [0.717, 1.165) is 16.8 Å². The lowest BCUT2D eigenvalue weighted by molar-refractivity contribution is -0.123. The Morgan fingerprint density at radius 2 is 1.45 bits per heavy atom. The summed E-state index contributed by atoms with van der Waals surface area (Å²) >= 11 is 0. The first kappa shape index (κ1) is 12.6. The molecule has 2 amide bonds. The summed E-state index contributed by atoms with van der Waals surface area (Å²) in [4.78, 5) is 27.7. The van der Waals surface area contributed by atoms with Crippen molar-refractivity contribution in [3.8, 4) is 0 Å². The van der Waals surface area contributed by atoms with Crippen LogP contribution in [0.2, 0.25) is 0 Å². The van der Waals surface area contributed by atoms with Crippen LogP contribution >= 0.6 is 0 Å². The molecule has 3 nitrogen and oxygen atoms in total. The average Bonchev–Trinajstić information content (AvgIpc) is 3.08. The van der Waals surface area contributed by atoms with Crippen LogP contribution in [0.5, 0.6) is 0 Å². The summed E-state index contributed by atoms with van der Waals surface area (Å²) < 4.78 is 0. The van der Waals surface area contributed by atoms with E-state index in [9.17, 15) is 9.59 Å². The number of imide groups is 1. The number of carbonyl (C=O) groups excluding carboxylic acids is 2. The standard InChI is InChI=1S/C19H19NO2/c1-10-4-3-5-11(2)16(10)20-17(21)14-12-6-7-13(15(14)18(20)22)19(12)8-9-19/h3-7,12-15H,8-9H2,1-2H3/t12-,13-,14-,15+/m0/s1. The average molecular weight is 293 g/mol. The molecule has 4 aliphatic rings. The summed E-state index contributed by atoms with van der Waals surface area (Å²) in [6, 6.07) is 5.93. The highest BCUT2D eigenvalue weighted by atomic mass is 16.2. The number of anilines is 1. The van der Waals surface area contributed by atoms with Crippen molar-refractivity contribution in [3.63, 3.8) is 0 Å². The molecule has 1 saturated heterocycles. The van der Waals surface area contributed by atoms with Crippen molar-refractivity contribution in [2.75, 3.05) is 4.90 Å². The monoisotopic (exact) mass is 293 g/mol. The lowest BCUT2D eigenvalue weighted by Gasteiger charge is -2.24. The van der Waals surface area contributed by atoms with Gasteiger partial charge in [0, 0.05) is 0 Å². The van der Waals surface area contributed by atoms with Crippen molar-refractivity contribution in [2.45, 2.75) is 26.7 Å². The Morgan fingerprint density at radius 1 is 0.955 bits per heavy atom. The Bertz CT molecular complexity index is 704. The van der Waals surface area contributed by atoms with Crippen molar-refractivity contribution >= 4 is 17.5 Å². The molecule has 4 atom stereocenters. The lowest BCUT2D eigenvalue weighted by atomic mass is 9.85. The molecule has 3 fully saturated rings. The first-order chi connectivity index (χ1) is 10.6. The van der Waals surface area contributed by atoms with E-state index in [2.05, 4.69) is 12.2 Å². The highest BCUT2D eigenvalue weighted by molar-refractivity contribution is 6.23. The molecule has 2 bridgehead atoms. The van der Waals surface area contributed by atoms with E-state index < -0.39 is 0 Å². The van der Waals surface area contributed by atoms with Gasteiger partial charge < -0.3 is 0 Å². The largest absolute Gasteiger partial charge is 0.274 e. The third kappa shape index (κ3) is 1.21. The minimum Gasteiger partial charge on any atom is -0.274 e. The number of hydrogen-bond donors (Lipinski definition) is 0. The molecule has 3 heteroatoms. The number of para-hydroxylation sites is 1. The Hall–Kier alpha value is -1.90. The number of aryl methyl sites for hydroxylation is 2. The van der Waals surface area contributed by atoms with Gasteiger partial charge in [-0.15, -0.1) is 0 Å². The molecular formula is C19H19NO2. The zero-order valence-corrected chi connectivity index (χ0v) is 12.9. The Labute approximate surface area is 130 Å². The predicted molar refractivity (Wildman–Crippen MR) is 83.2 cm³/mol. The van der Waals surface area contributed by atoms with E-state index in [4.69, 9.17) is 0 Å². The van der Waals surface area contributed by atoms with Gasteiger partial charge in [0.15, 0.2) is 0 Å². The summed E-state index contributed by atoms with van der Waals surface area (Å²) in [6.07, 6.45) is 6.81. The van der Waals surface area contributed by atoms with Crippen LogP contribution in [0.3, 0.4) is 0 Å². The summed E-state index contributed by atoms with van der Waals surface area (Å²) in [5.74, 6) is 0.459. The molecule has 3 aliphatic carbocycles. The van der Waals surface area contributed by atoms with Gasteiger partial charge in [-0.05, 0) is 55.1 Å². The van der Waals surface area contributed by atoms with E-state index in [0.29, 0.717) is 11.8 Å². The normalized spacial score (nSPS) is 36.5. The van der Waals surface area contributed by atoms with Crippen LogP contribution in [0.15, 0.2) is 30.4 Å². The summed E-state index contributed by atoms with van der Waals surface area (Å²) in [6.45, 7) is 3.96. The second kappa shape index (κ2) is 3.70.